The number of rotatable bonds is 7. The molecule has 9 heteroatoms. The maximum Gasteiger partial charge on any atom is 0.331 e. The van der Waals surface area contributed by atoms with Gasteiger partial charge in [0.25, 0.3) is 0 Å². The number of carboxylic acid groups (broad SMARTS) is 1. The molecule has 1 heterocycles. The highest BCUT2D eigenvalue weighted by Crippen LogP contribution is 2.29. The number of carboxylic acids is 1. The summed E-state index contributed by atoms with van der Waals surface area (Å²) in [7, 11) is 0. The van der Waals surface area contributed by atoms with Crippen molar-refractivity contribution < 1.29 is 19.4 Å². The molecule has 2 rings (SSSR count). The van der Waals surface area contributed by atoms with E-state index in [1.807, 2.05) is 6.92 Å². The average molecular weight is 381 g/mol. The summed E-state index contributed by atoms with van der Waals surface area (Å²) in [6.45, 7) is 6.35. The highest BCUT2D eigenvalue weighted by Gasteiger charge is 2.40. The first-order valence-electron chi connectivity index (χ1n) is 9.43. The molecule has 1 amide bonds. The number of likely N-dealkylation sites (tertiary alicyclic amines) is 1. The Bertz CT molecular complexity index is 603. The van der Waals surface area contributed by atoms with Gasteiger partial charge in [-0.1, -0.05) is 6.08 Å². The number of guanidine groups is 1. The van der Waals surface area contributed by atoms with Crippen LogP contribution in [-0.4, -0.2) is 72.3 Å². The van der Waals surface area contributed by atoms with Crippen LogP contribution in [0.5, 0.6) is 0 Å². The van der Waals surface area contributed by atoms with Crippen LogP contribution in [0.2, 0.25) is 0 Å². The van der Waals surface area contributed by atoms with Crippen LogP contribution in [0.4, 0.5) is 0 Å². The minimum Gasteiger partial charge on any atom is -0.478 e. The molecule has 152 valence electrons. The number of ether oxygens (including phenoxy) is 1. The van der Waals surface area contributed by atoms with Gasteiger partial charge in [-0.2, -0.15) is 0 Å². The molecular weight excluding hydrogens is 350 g/mol. The SMILES string of the molecule is CCOCC1CCCN([C@@H]2C=C(C(=O)O)C[C@H](N=C(N)N)[C@H]2NC(C)=O)C1. The lowest BCUT2D eigenvalue weighted by Gasteiger charge is -2.44. The van der Waals surface area contributed by atoms with Crippen LogP contribution >= 0.6 is 0 Å². The second kappa shape index (κ2) is 9.70. The van der Waals surface area contributed by atoms with Crippen LogP contribution in [0.1, 0.15) is 33.1 Å². The van der Waals surface area contributed by atoms with E-state index in [1.54, 1.807) is 6.08 Å². The number of carbonyl (C=O) groups is 2. The van der Waals surface area contributed by atoms with Crippen LogP contribution in [0.3, 0.4) is 0 Å². The topological polar surface area (TPSA) is 143 Å². The Balaban J connectivity index is 2.31. The summed E-state index contributed by atoms with van der Waals surface area (Å²) >= 11 is 0. The second-order valence-corrected chi connectivity index (χ2v) is 7.20. The predicted octanol–water partition coefficient (Wildman–Crippen LogP) is -0.335. The molecule has 1 fully saturated rings. The van der Waals surface area contributed by atoms with Crippen molar-refractivity contribution >= 4 is 17.8 Å². The molecule has 0 radical (unpaired) electrons. The number of nitrogens with two attached hydrogens (primary N) is 2. The van der Waals surface area contributed by atoms with E-state index in [0.717, 1.165) is 25.9 Å². The first-order chi connectivity index (χ1) is 12.8. The van der Waals surface area contributed by atoms with Crippen LogP contribution in [0.25, 0.3) is 0 Å². The van der Waals surface area contributed by atoms with Crippen LogP contribution in [-0.2, 0) is 14.3 Å². The third kappa shape index (κ3) is 5.93. The van der Waals surface area contributed by atoms with Gasteiger partial charge >= 0.3 is 5.97 Å². The summed E-state index contributed by atoms with van der Waals surface area (Å²) < 4.78 is 5.57. The van der Waals surface area contributed by atoms with Crippen molar-refractivity contribution in [2.45, 2.75) is 51.2 Å². The van der Waals surface area contributed by atoms with E-state index in [1.165, 1.54) is 6.92 Å². The molecule has 27 heavy (non-hydrogen) atoms. The van der Waals surface area contributed by atoms with E-state index in [9.17, 15) is 14.7 Å². The van der Waals surface area contributed by atoms with Crippen molar-refractivity contribution in [3.63, 3.8) is 0 Å². The molecule has 1 saturated heterocycles. The molecule has 6 N–H and O–H groups in total. The summed E-state index contributed by atoms with van der Waals surface area (Å²) in [5.41, 5.74) is 11.4. The zero-order valence-corrected chi connectivity index (χ0v) is 16.1. The van der Waals surface area contributed by atoms with Gasteiger partial charge in [-0.15, -0.1) is 0 Å². The second-order valence-electron chi connectivity index (χ2n) is 7.20. The molecule has 2 aliphatic rings. The maximum absolute atomic E-state index is 11.8. The quantitative estimate of drug-likeness (QED) is 0.349. The molecule has 0 spiro atoms. The lowest BCUT2D eigenvalue weighted by Crippen LogP contribution is -2.59. The fourth-order valence-electron chi connectivity index (χ4n) is 3.97. The fourth-order valence-corrected chi connectivity index (χ4v) is 3.97. The molecule has 0 aromatic carbocycles. The van der Waals surface area contributed by atoms with Crippen LogP contribution in [0.15, 0.2) is 16.6 Å². The van der Waals surface area contributed by atoms with Gasteiger partial charge < -0.3 is 26.6 Å². The lowest BCUT2D eigenvalue weighted by molar-refractivity contribution is -0.133. The van der Waals surface area contributed by atoms with Gasteiger partial charge in [0.2, 0.25) is 5.91 Å². The molecule has 0 aromatic heterocycles. The van der Waals surface area contributed by atoms with Crippen molar-refractivity contribution in [2.24, 2.45) is 22.4 Å². The van der Waals surface area contributed by atoms with Crippen LogP contribution < -0.4 is 16.8 Å². The van der Waals surface area contributed by atoms with E-state index in [2.05, 4.69) is 15.2 Å². The summed E-state index contributed by atoms with van der Waals surface area (Å²) in [4.78, 5) is 29.9. The Morgan fingerprint density at radius 2 is 2.19 bits per heavy atom. The van der Waals surface area contributed by atoms with Gasteiger partial charge in [0, 0.05) is 32.1 Å². The number of aliphatic carboxylic acids is 1. The largest absolute Gasteiger partial charge is 0.478 e. The number of hydrogen-bond acceptors (Lipinski definition) is 5. The molecule has 0 aromatic rings. The highest BCUT2D eigenvalue weighted by atomic mass is 16.5. The minimum atomic E-state index is -0.986. The van der Waals surface area contributed by atoms with Crippen molar-refractivity contribution in [3.8, 4) is 0 Å². The van der Waals surface area contributed by atoms with Crippen molar-refractivity contribution in [3.05, 3.63) is 11.6 Å². The number of amides is 1. The number of hydrogen-bond donors (Lipinski definition) is 4. The Morgan fingerprint density at radius 3 is 2.78 bits per heavy atom. The summed E-state index contributed by atoms with van der Waals surface area (Å²) in [5, 5.41) is 12.5. The Morgan fingerprint density at radius 1 is 1.44 bits per heavy atom. The van der Waals surface area contributed by atoms with Gasteiger partial charge in [0.05, 0.1) is 24.7 Å². The predicted molar refractivity (Wildman–Crippen MR) is 102 cm³/mol. The number of piperidine rings is 1. The van der Waals surface area contributed by atoms with E-state index in [4.69, 9.17) is 16.2 Å². The van der Waals surface area contributed by atoms with Crippen molar-refractivity contribution in [2.75, 3.05) is 26.3 Å². The molecule has 9 nitrogen and oxygen atoms in total. The minimum absolute atomic E-state index is 0.117. The fraction of sp³-hybridized carbons (Fsp3) is 0.722. The highest BCUT2D eigenvalue weighted by molar-refractivity contribution is 5.87. The molecule has 1 aliphatic heterocycles. The van der Waals surface area contributed by atoms with E-state index in [0.29, 0.717) is 19.1 Å². The Hall–Kier alpha value is -2.13. The summed E-state index contributed by atoms with van der Waals surface area (Å²) in [6.07, 6.45) is 3.97. The van der Waals surface area contributed by atoms with E-state index < -0.39 is 18.1 Å². The van der Waals surface area contributed by atoms with Crippen molar-refractivity contribution in [1.82, 2.24) is 10.2 Å². The summed E-state index contributed by atoms with van der Waals surface area (Å²) in [6, 6.07) is -1.20. The van der Waals surface area contributed by atoms with Gasteiger partial charge in [0.1, 0.15) is 0 Å². The average Bonchev–Trinajstić information content (AvgIpc) is 2.60. The normalized spacial score (nSPS) is 28.9. The van der Waals surface area contributed by atoms with E-state index in [-0.39, 0.29) is 29.9 Å². The zero-order chi connectivity index (χ0) is 20.0. The van der Waals surface area contributed by atoms with Gasteiger partial charge in [-0.3, -0.25) is 9.69 Å². The number of carbonyl (C=O) groups excluding carboxylic acids is 1. The number of nitrogens with zero attached hydrogens (tertiary/aromatic N) is 2. The molecular formula is C18H31N5O4. The Kier molecular flexibility index (Phi) is 7.61. The van der Waals surface area contributed by atoms with E-state index >= 15 is 0 Å². The smallest absolute Gasteiger partial charge is 0.331 e. The maximum atomic E-state index is 11.8. The third-order valence-corrected chi connectivity index (χ3v) is 5.07. The third-order valence-electron chi connectivity index (χ3n) is 5.07. The zero-order valence-electron chi connectivity index (χ0n) is 16.1. The molecule has 1 unspecified atom stereocenters. The van der Waals surface area contributed by atoms with Gasteiger partial charge in [-0.05, 0) is 32.2 Å². The molecule has 0 saturated carbocycles. The standard InChI is InChI=1S/C18H31N5O4/c1-3-27-10-12-5-4-6-23(9-12)15-8-13(17(25)26)7-14(22-18(19)20)16(15)21-11(2)24/h8,12,14-16H,3-7,9-10H2,1-2H3,(H,21,24)(H,25,26)(H4,19,20,22)/t12?,14-,15+,16+/m0/s1. The first-order valence-corrected chi connectivity index (χ1v) is 9.43. The number of nitrogens with one attached hydrogen (secondary N) is 1. The van der Waals surface area contributed by atoms with Crippen LogP contribution in [0, 0.1) is 5.92 Å². The Labute approximate surface area is 159 Å². The van der Waals surface area contributed by atoms with Crippen molar-refractivity contribution in [1.29, 1.82) is 0 Å². The first kappa shape index (κ1) is 21.2. The van der Waals surface area contributed by atoms with Gasteiger partial charge in [-0.25, -0.2) is 9.79 Å². The van der Waals surface area contributed by atoms with Gasteiger partial charge in [0.15, 0.2) is 5.96 Å². The molecule has 0 bridgehead atoms. The number of aliphatic imine (C=N–C) groups is 1. The molecule has 4 atom stereocenters. The molecule has 1 aliphatic carbocycles. The lowest BCUT2D eigenvalue weighted by atomic mass is 9.84. The monoisotopic (exact) mass is 381 g/mol. The summed E-state index contributed by atoms with van der Waals surface area (Å²) in [5.74, 6) is -0.925.